The van der Waals surface area contributed by atoms with Crippen molar-refractivity contribution in [1.82, 2.24) is 9.34 Å². The maximum Gasteiger partial charge on any atom is 0.222 e. The smallest absolute Gasteiger partial charge is 0.222 e. The minimum Gasteiger partial charge on any atom is -0.288 e. The number of hydrogen-bond acceptors (Lipinski definition) is 1. The van der Waals surface area contributed by atoms with Crippen molar-refractivity contribution in [2.45, 2.75) is 64.4 Å². The highest BCUT2D eigenvalue weighted by Crippen LogP contribution is 2.68. The van der Waals surface area contributed by atoms with Crippen LogP contribution in [0.1, 0.15) is 62.9 Å². The molecule has 0 spiro atoms. The van der Waals surface area contributed by atoms with E-state index in [9.17, 15) is 0 Å². The number of hydrogen-bond donors (Lipinski definition) is 0. The molecule has 0 aliphatic carbocycles. The predicted molar refractivity (Wildman–Crippen MR) is 135 cm³/mol. The minimum absolute atomic E-state index is 0.103. The first-order valence-electron chi connectivity index (χ1n) is 11.7. The molecule has 1 heterocycles. The third kappa shape index (κ3) is 4.48. The predicted octanol–water partition coefficient (Wildman–Crippen LogP) is 7.69. The molecule has 1 fully saturated rings. The summed E-state index contributed by atoms with van der Waals surface area (Å²) in [5.74, 6) is 0. The van der Waals surface area contributed by atoms with Crippen LogP contribution in [0.5, 0.6) is 0 Å². The Bertz CT molecular complexity index is 975. The molecule has 3 nitrogen and oxygen atoms in total. The summed E-state index contributed by atoms with van der Waals surface area (Å²) in [7, 11) is -2.94. The van der Waals surface area contributed by atoms with Gasteiger partial charge in [0.2, 0.25) is 7.44 Å². The minimum atomic E-state index is -2.94. The number of nitrogens with zero attached hydrogens (tertiary/aromatic N) is 2. The van der Waals surface area contributed by atoms with Crippen molar-refractivity contribution in [3.63, 3.8) is 0 Å². The van der Waals surface area contributed by atoms with E-state index in [0.717, 1.165) is 12.0 Å². The first-order valence-corrected chi connectivity index (χ1v) is 13.5. The SMILES string of the molecule is CC(C)N1C(c2ccccc2)CC(c2ccccc2)N(C(C)C)P1(=O)Cc1ccccc1. The zero-order valence-corrected chi connectivity index (χ0v) is 20.5. The van der Waals surface area contributed by atoms with Crippen LogP contribution in [0.3, 0.4) is 0 Å². The van der Waals surface area contributed by atoms with Gasteiger partial charge in [0.15, 0.2) is 0 Å². The normalized spacial score (nSPS) is 24.8. The molecule has 0 aromatic heterocycles. The van der Waals surface area contributed by atoms with Gasteiger partial charge in [-0.25, -0.2) is 9.34 Å². The average molecular weight is 447 g/mol. The maximum absolute atomic E-state index is 15.4. The molecular formula is C28H35N2OP. The Hall–Kier alpha value is -2.19. The Balaban J connectivity index is 1.90. The summed E-state index contributed by atoms with van der Waals surface area (Å²) in [6, 6.07) is 32.2. The van der Waals surface area contributed by atoms with Crippen LogP contribution in [0.4, 0.5) is 0 Å². The molecule has 0 amide bonds. The van der Waals surface area contributed by atoms with Crippen LogP contribution in [0.25, 0.3) is 0 Å². The van der Waals surface area contributed by atoms with Gasteiger partial charge in [-0.15, -0.1) is 0 Å². The fourth-order valence-corrected chi connectivity index (χ4v) is 9.36. The van der Waals surface area contributed by atoms with Crippen molar-refractivity contribution in [1.29, 1.82) is 0 Å². The molecule has 32 heavy (non-hydrogen) atoms. The highest BCUT2D eigenvalue weighted by atomic mass is 31.2. The van der Waals surface area contributed by atoms with Gasteiger partial charge in [-0.05, 0) is 50.8 Å². The van der Waals surface area contributed by atoms with Crippen LogP contribution in [0, 0.1) is 0 Å². The van der Waals surface area contributed by atoms with Crippen molar-refractivity contribution in [2.75, 3.05) is 0 Å². The monoisotopic (exact) mass is 446 g/mol. The van der Waals surface area contributed by atoms with Gasteiger partial charge in [0.05, 0.1) is 6.16 Å². The van der Waals surface area contributed by atoms with E-state index >= 15 is 4.57 Å². The quantitative estimate of drug-likeness (QED) is 0.363. The summed E-state index contributed by atoms with van der Waals surface area (Å²) in [4.78, 5) is 0. The van der Waals surface area contributed by atoms with E-state index in [2.05, 4.69) is 110 Å². The topological polar surface area (TPSA) is 23.6 Å². The molecule has 1 aliphatic rings. The van der Waals surface area contributed by atoms with Crippen LogP contribution in [-0.2, 0) is 10.7 Å². The molecule has 3 aromatic rings. The zero-order chi connectivity index (χ0) is 22.7. The molecule has 2 atom stereocenters. The zero-order valence-electron chi connectivity index (χ0n) is 19.6. The van der Waals surface area contributed by atoms with Gasteiger partial charge in [-0.1, -0.05) is 91.0 Å². The Labute approximate surface area is 193 Å². The van der Waals surface area contributed by atoms with E-state index in [1.807, 2.05) is 18.2 Å². The second kappa shape index (κ2) is 9.75. The molecule has 0 bridgehead atoms. The molecule has 0 saturated carbocycles. The van der Waals surface area contributed by atoms with Crippen molar-refractivity contribution in [2.24, 2.45) is 0 Å². The van der Waals surface area contributed by atoms with Crippen LogP contribution in [0.2, 0.25) is 0 Å². The van der Waals surface area contributed by atoms with Crippen molar-refractivity contribution in [3.8, 4) is 0 Å². The summed E-state index contributed by atoms with van der Waals surface area (Å²) >= 11 is 0. The van der Waals surface area contributed by atoms with E-state index in [1.165, 1.54) is 11.1 Å². The van der Waals surface area contributed by atoms with Gasteiger partial charge in [0.25, 0.3) is 0 Å². The van der Waals surface area contributed by atoms with Crippen LogP contribution in [0.15, 0.2) is 91.0 Å². The molecule has 0 radical (unpaired) electrons. The van der Waals surface area contributed by atoms with Gasteiger partial charge in [0, 0.05) is 24.2 Å². The lowest BCUT2D eigenvalue weighted by Crippen LogP contribution is -2.48. The third-order valence-corrected chi connectivity index (χ3v) is 10.2. The van der Waals surface area contributed by atoms with E-state index in [-0.39, 0.29) is 24.2 Å². The molecule has 2 unspecified atom stereocenters. The van der Waals surface area contributed by atoms with Crippen molar-refractivity contribution >= 4 is 7.44 Å². The molecule has 168 valence electrons. The lowest BCUT2D eigenvalue weighted by Gasteiger charge is -2.55. The van der Waals surface area contributed by atoms with E-state index in [1.54, 1.807) is 0 Å². The summed E-state index contributed by atoms with van der Waals surface area (Å²) in [5, 5.41) is 0. The van der Waals surface area contributed by atoms with E-state index in [0.29, 0.717) is 6.16 Å². The summed E-state index contributed by atoms with van der Waals surface area (Å²) in [5.41, 5.74) is 3.63. The van der Waals surface area contributed by atoms with E-state index < -0.39 is 7.44 Å². The largest absolute Gasteiger partial charge is 0.288 e. The van der Waals surface area contributed by atoms with Gasteiger partial charge in [-0.3, -0.25) is 4.57 Å². The van der Waals surface area contributed by atoms with Crippen LogP contribution < -0.4 is 0 Å². The molecule has 3 aromatic carbocycles. The fourth-order valence-electron chi connectivity index (χ4n) is 5.34. The molecule has 1 aliphatic heterocycles. The van der Waals surface area contributed by atoms with Crippen molar-refractivity contribution in [3.05, 3.63) is 108 Å². The number of benzene rings is 3. The van der Waals surface area contributed by atoms with Crippen molar-refractivity contribution < 1.29 is 4.57 Å². The molecule has 4 rings (SSSR count). The van der Waals surface area contributed by atoms with Crippen LogP contribution >= 0.6 is 7.44 Å². The first kappa shape index (κ1) is 23.0. The van der Waals surface area contributed by atoms with Gasteiger partial charge < -0.3 is 0 Å². The maximum atomic E-state index is 15.4. The van der Waals surface area contributed by atoms with Crippen LogP contribution in [-0.4, -0.2) is 21.4 Å². The average Bonchev–Trinajstić information content (AvgIpc) is 2.79. The highest BCUT2D eigenvalue weighted by Gasteiger charge is 2.51. The summed E-state index contributed by atoms with van der Waals surface area (Å²) in [6.07, 6.45) is 1.47. The Morgan fingerprint density at radius 3 is 1.44 bits per heavy atom. The lowest BCUT2D eigenvalue weighted by molar-refractivity contribution is 0.124. The second-order valence-electron chi connectivity index (χ2n) is 9.34. The first-order chi connectivity index (χ1) is 15.4. The number of rotatable bonds is 6. The standard InChI is InChI=1S/C28H35N2OP/c1-22(2)29-27(25-16-10-6-11-17-25)20-28(26-18-12-7-13-19-26)30(23(3)4)32(29,31)21-24-14-8-5-9-15-24/h5-19,22-23,27-28H,20-21H2,1-4H3. The van der Waals surface area contributed by atoms with Gasteiger partial charge in [0.1, 0.15) is 0 Å². The Kier molecular flexibility index (Phi) is 7.00. The van der Waals surface area contributed by atoms with Gasteiger partial charge >= 0.3 is 0 Å². The molecule has 0 N–H and O–H groups in total. The summed E-state index contributed by atoms with van der Waals surface area (Å²) in [6.45, 7) is 8.76. The molecule has 1 saturated heterocycles. The summed E-state index contributed by atoms with van der Waals surface area (Å²) < 4.78 is 20.1. The molecular weight excluding hydrogens is 411 g/mol. The lowest BCUT2D eigenvalue weighted by atomic mass is 9.93. The fraction of sp³-hybridized carbons (Fsp3) is 0.357. The van der Waals surface area contributed by atoms with E-state index in [4.69, 9.17) is 0 Å². The molecule has 4 heteroatoms. The highest BCUT2D eigenvalue weighted by molar-refractivity contribution is 7.58. The second-order valence-corrected chi connectivity index (χ2v) is 11.9. The van der Waals surface area contributed by atoms with Gasteiger partial charge in [-0.2, -0.15) is 0 Å². The third-order valence-electron chi connectivity index (χ3n) is 6.47. The Morgan fingerprint density at radius 1 is 0.688 bits per heavy atom. The Morgan fingerprint density at radius 2 is 1.06 bits per heavy atom.